The number of rotatable bonds is 4. The van der Waals surface area contributed by atoms with Crippen LogP contribution in [0, 0.1) is 0 Å². The lowest BCUT2D eigenvalue weighted by Crippen LogP contribution is -2.48. The maximum absolute atomic E-state index is 11.7. The fourth-order valence-corrected chi connectivity index (χ4v) is 1.49. The Hall–Kier alpha value is -1.56. The van der Waals surface area contributed by atoms with Crippen molar-refractivity contribution in [2.75, 3.05) is 20.3 Å². The molecule has 90 valence electrons. The number of hydrogen-bond acceptors (Lipinski definition) is 4. The summed E-state index contributed by atoms with van der Waals surface area (Å²) in [5, 5.41) is 5.12. The van der Waals surface area contributed by atoms with Crippen molar-refractivity contribution in [3.8, 4) is 0 Å². The van der Waals surface area contributed by atoms with E-state index in [1.807, 2.05) is 0 Å². The van der Waals surface area contributed by atoms with Crippen LogP contribution < -0.4 is 10.6 Å². The highest BCUT2D eigenvalue weighted by molar-refractivity contribution is 5.94. The van der Waals surface area contributed by atoms with Crippen molar-refractivity contribution in [2.24, 2.45) is 0 Å². The summed E-state index contributed by atoms with van der Waals surface area (Å²) in [6.07, 6.45) is 0. The number of nitrogens with one attached hydrogen (secondary N) is 2. The topological polar surface area (TPSA) is 76.7 Å². The first-order valence-electron chi connectivity index (χ1n) is 5.00. The van der Waals surface area contributed by atoms with Gasteiger partial charge in [-0.2, -0.15) is 0 Å². The second-order valence-electron chi connectivity index (χ2n) is 3.49. The molecular formula is C10H16N2O4. The molecule has 6 nitrogen and oxygen atoms in total. The van der Waals surface area contributed by atoms with Crippen LogP contribution in [0.3, 0.4) is 0 Å². The summed E-state index contributed by atoms with van der Waals surface area (Å²) in [7, 11) is 1.53. The maximum atomic E-state index is 11.7. The molecule has 1 aliphatic heterocycles. The minimum atomic E-state index is -0.436. The molecule has 1 aliphatic rings. The standard InChI is InChI=1S/C10H16N2O4/c1-6-8(7(2)12-10(14)11-6)9(13)16-5-4-15-3/h6H,4-5H2,1-3H3,(H2,11,12,14)/t6-/m0/s1. The molecule has 0 spiro atoms. The molecule has 1 atom stereocenters. The summed E-state index contributed by atoms with van der Waals surface area (Å²) in [6.45, 7) is 3.95. The first kappa shape index (κ1) is 12.5. The number of carbonyl (C=O) groups is 2. The van der Waals surface area contributed by atoms with E-state index in [4.69, 9.17) is 9.47 Å². The van der Waals surface area contributed by atoms with Gasteiger partial charge >= 0.3 is 12.0 Å². The van der Waals surface area contributed by atoms with E-state index >= 15 is 0 Å². The Labute approximate surface area is 94.0 Å². The molecule has 0 bridgehead atoms. The Morgan fingerprint density at radius 1 is 1.44 bits per heavy atom. The third-order valence-corrected chi connectivity index (χ3v) is 2.23. The van der Waals surface area contributed by atoms with Gasteiger partial charge in [-0.3, -0.25) is 0 Å². The summed E-state index contributed by atoms with van der Waals surface area (Å²) in [5.74, 6) is -0.436. The van der Waals surface area contributed by atoms with E-state index < -0.39 is 5.97 Å². The monoisotopic (exact) mass is 228 g/mol. The normalized spacial score (nSPS) is 20.2. The molecule has 6 heteroatoms. The molecule has 0 aliphatic carbocycles. The van der Waals surface area contributed by atoms with Crippen LogP contribution in [0.2, 0.25) is 0 Å². The largest absolute Gasteiger partial charge is 0.460 e. The first-order chi connectivity index (χ1) is 7.56. The zero-order valence-electron chi connectivity index (χ0n) is 9.62. The van der Waals surface area contributed by atoms with Gasteiger partial charge < -0.3 is 20.1 Å². The number of ether oxygens (including phenoxy) is 2. The second kappa shape index (κ2) is 5.50. The van der Waals surface area contributed by atoms with Gasteiger partial charge in [0.15, 0.2) is 0 Å². The highest BCUT2D eigenvalue weighted by atomic mass is 16.6. The van der Waals surface area contributed by atoms with Gasteiger partial charge in [-0.05, 0) is 13.8 Å². The third kappa shape index (κ3) is 2.96. The Kier molecular flexibility index (Phi) is 4.30. The quantitative estimate of drug-likeness (QED) is 0.530. The Balaban J connectivity index is 2.66. The molecule has 1 heterocycles. The van der Waals surface area contributed by atoms with E-state index in [2.05, 4.69) is 10.6 Å². The third-order valence-electron chi connectivity index (χ3n) is 2.23. The smallest absolute Gasteiger partial charge is 0.337 e. The number of urea groups is 1. The van der Waals surface area contributed by atoms with Crippen LogP contribution in [0.5, 0.6) is 0 Å². The summed E-state index contributed by atoms with van der Waals surface area (Å²) in [5.41, 5.74) is 0.967. The van der Waals surface area contributed by atoms with Crippen molar-refractivity contribution in [2.45, 2.75) is 19.9 Å². The van der Waals surface area contributed by atoms with Crippen molar-refractivity contribution in [1.82, 2.24) is 10.6 Å². The number of allylic oxidation sites excluding steroid dienone is 1. The molecule has 0 aromatic heterocycles. The average Bonchev–Trinajstić information content (AvgIpc) is 2.16. The highest BCUT2D eigenvalue weighted by Gasteiger charge is 2.27. The Bertz CT molecular complexity index is 325. The molecule has 0 fully saturated rings. The van der Waals surface area contributed by atoms with Gasteiger partial charge in [-0.15, -0.1) is 0 Å². The van der Waals surface area contributed by atoms with Crippen molar-refractivity contribution in [3.05, 3.63) is 11.3 Å². The van der Waals surface area contributed by atoms with Crippen LogP contribution in [0.25, 0.3) is 0 Å². The molecule has 16 heavy (non-hydrogen) atoms. The molecule has 1 rings (SSSR count). The van der Waals surface area contributed by atoms with E-state index in [-0.39, 0.29) is 18.7 Å². The fourth-order valence-electron chi connectivity index (χ4n) is 1.49. The molecule has 0 aromatic carbocycles. The minimum Gasteiger partial charge on any atom is -0.460 e. The molecule has 0 aromatic rings. The van der Waals surface area contributed by atoms with E-state index in [9.17, 15) is 9.59 Å². The van der Waals surface area contributed by atoms with Crippen LogP contribution >= 0.6 is 0 Å². The number of amides is 2. The molecule has 0 saturated carbocycles. The van der Waals surface area contributed by atoms with E-state index in [1.165, 1.54) is 7.11 Å². The predicted molar refractivity (Wildman–Crippen MR) is 56.7 cm³/mol. The van der Waals surface area contributed by atoms with Crippen LogP contribution in [0.4, 0.5) is 4.79 Å². The van der Waals surface area contributed by atoms with Gasteiger partial charge in [-0.25, -0.2) is 9.59 Å². The second-order valence-corrected chi connectivity index (χ2v) is 3.49. The number of methoxy groups -OCH3 is 1. The van der Waals surface area contributed by atoms with Crippen molar-refractivity contribution < 1.29 is 19.1 Å². The fraction of sp³-hybridized carbons (Fsp3) is 0.600. The minimum absolute atomic E-state index is 0.201. The van der Waals surface area contributed by atoms with Crippen LogP contribution in [-0.4, -0.2) is 38.4 Å². The summed E-state index contributed by atoms with van der Waals surface area (Å²) in [6, 6.07) is -0.651. The number of esters is 1. The predicted octanol–water partition coefficient (Wildman–Crippen LogP) is 0.151. The SMILES string of the molecule is COCCOC(=O)C1=C(C)NC(=O)N[C@H]1C. The van der Waals surface area contributed by atoms with Gasteiger partial charge in [0.2, 0.25) is 0 Å². The van der Waals surface area contributed by atoms with Crippen molar-refractivity contribution in [3.63, 3.8) is 0 Å². The van der Waals surface area contributed by atoms with Crippen LogP contribution in [-0.2, 0) is 14.3 Å². The van der Waals surface area contributed by atoms with E-state index in [0.717, 1.165) is 0 Å². The lowest BCUT2D eigenvalue weighted by Gasteiger charge is -2.24. The first-order valence-corrected chi connectivity index (χ1v) is 5.00. The lowest BCUT2D eigenvalue weighted by molar-refractivity contribution is -0.140. The molecule has 2 amide bonds. The Morgan fingerprint density at radius 3 is 2.69 bits per heavy atom. The van der Waals surface area contributed by atoms with Crippen LogP contribution in [0.1, 0.15) is 13.8 Å². The lowest BCUT2D eigenvalue weighted by atomic mass is 10.1. The number of carbonyl (C=O) groups excluding carboxylic acids is 2. The zero-order chi connectivity index (χ0) is 12.1. The molecule has 2 N–H and O–H groups in total. The highest BCUT2D eigenvalue weighted by Crippen LogP contribution is 2.13. The van der Waals surface area contributed by atoms with Crippen LogP contribution in [0.15, 0.2) is 11.3 Å². The summed E-state index contributed by atoms with van der Waals surface area (Å²) < 4.78 is 9.76. The van der Waals surface area contributed by atoms with Gasteiger partial charge in [0.1, 0.15) is 6.61 Å². The maximum Gasteiger partial charge on any atom is 0.337 e. The molecule has 0 unspecified atom stereocenters. The molecular weight excluding hydrogens is 212 g/mol. The summed E-state index contributed by atoms with van der Waals surface area (Å²) >= 11 is 0. The number of hydrogen-bond donors (Lipinski definition) is 2. The Morgan fingerprint density at radius 2 is 2.12 bits per heavy atom. The van der Waals surface area contributed by atoms with Gasteiger partial charge in [0, 0.05) is 12.8 Å². The van der Waals surface area contributed by atoms with E-state index in [0.29, 0.717) is 17.9 Å². The van der Waals surface area contributed by atoms with Gasteiger partial charge in [0.05, 0.1) is 18.2 Å². The average molecular weight is 228 g/mol. The molecule has 0 saturated heterocycles. The molecule has 0 radical (unpaired) electrons. The van der Waals surface area contributed by atoms with Gasteiger partial charge in [0.25, 0.3) is 0 Å². The van der Waals surface area contributed by atoms with E-state index in [1.54, 1.807) is 13.8 Å². The van der Waals surface area contributed by atoms with Gasteiger partial charge in [-0.1, -0.05) is 0 Å². The van der Waals surface area contributed by atoms with Crippen molar-refractivity contribution in [1.29, 1.82) is 0 Å². The zero-order valence-corrected chi connectivity index (χ0v) is 9.62. The van der Waals surface area contributed by atoms with Crippen molar-refractivity contribution >= 4 is 12.0 Å². The summed E-state index contributed by atoms with van der Waals surface area (Å²) in [4.78, 5) is 22.8.